The van der Waals surface area contributed by atoms with Crippen molar-refractivity contribution in [2.24, 2.45) is 16.6 Å². The van der Waals surface area contributed by atoms with Crippen molar-refractivity contribution in [3.05, 3.63) is 36.0 Å². The number of ether oxygens (including phenoxy) is 1. The third-order valence-corrected chi connectivity index (χ3v) is 2.41. The fourth-order valence-electron chi connectivity index (χ4n) is 1.74. The van der Waals surface area contributed by atoms with Crippen LogP contribution in [0.2, 0.25) is 0 Å². The zero-order valence-electron chi connectivity index (χ0n) is 10.4. The molecule has 1 aromatic carbocycles. The van der Waals surface area contributed by atoms with Gasteiger partial charge < -0.3 is 16.2 Å². The Morgan fingerprint density at radius 3 is 2.68 bits per heavy atom. The maximum atomic E-state index is 11.8. The van der Waals surface area contributed by atoms with Gasteiger partial charge in [0.1, 0.15) is 0 Å². The Balaban J connectivity index is 0.00000180. The minimum Gasteiger partial charge on any atom is -0.462 e. The maximum absolute atomic E-state index is 11.8. The molecule has 0 saturated heterocycles. The van der Waals surface area contributed by atoms with Crippen LogP contribution in [0.15, 0.2) is 35.6 Å². The number of benzene rings is 1. The number of guanidine groups is 1. The average Bonchev–Trinajstić information content (AvgIpc) is 2.68. The molecule has 0 aliphatic rings. The first kappa shape index (κ1) is 14.8. The molecular weight excluding hydrogens is 268 g/mol. The molecule has 0 aliphatic carbocycles. The van der Waals surface area contributed by atoms with Crippen LogP contribution in [0.5, 0.6) is 0 Å². The zero-order valence-corrected chi connectivity index (χ0v) is 11.2. The van der Waals surface area contributed by atoms with Gasteiger partial charge in [-0.2, -0.15) is 0 Å². The molecule has 0 radical (unpaired) electrons. The topological polar surface area (TPSA) is 95.6 Å². The Bertz CT molecular complexity index is 617. The van der Waals surface area contributed by atoms with Crippen LogP contribution in [-0.2, 0) is 4.74 Å². The Morgan fingerprint density at radius 1 is 1.37 bits per heavy atom. The standard InChI is InChI=1S/C12H14N4O2.ClH/c1-2-18-11(17)9-7-16(15-12(13)14)10-6-4-3-5-8(9)10;/h3-7H,2H2,1H3,(H4,13,14,15);1H. The summed E-state index contributed by atoms with van der Waals surface area (Å²) in [6.07, 6.45) is 1.56. The van der Waals surface area contributed by atoms with Gasteiger partial charge in [-0.1, -0.05) is 18.2 Å². The Morgan fingerprint density at radius 2 is 2.05 bits per heavy atom. The Kier molecular flexibility index (Phi) is 4.77. The highest BCUT2D eigenvalue weighted by atomic mass is 35.5. The van der Waals surface area contributed by atoms with Gasteiger partial charge in [-0.15, -0.1) is 17.5 Å². The second-order valence-electron chi connectivity index (χ2n) is 3.65. The van der Waals surface area contributed by atoms with Crippen LogP contribution >= 0.6 is 12.4 Å². The lowest BCUT2D eigenvalue weighted by Crippen LogP contribution is -2.23. The highest BCUT2D eigenvalue weighted by molar-refractivity contribution is 6.04. The summed E-state index contributed by atoms with van der Waals surface area (Å²) in [7, 11) is 0. The van der Waals surface area contributed by atoms with Gasteiger partial charge in [0, 0.05) is 11.6 Å². The molecule has 1 heterocycles. The van der Waals surface area contributed by atoms with Crippen LogP contribution in [0, 0.1) is 0 Å². The normalized spacial score (nSPS) is 9.74. The number of carbonyl (C=O) groups excluding carboxylic acids is 1. The number of carbonyl (C=O) groups is 1. The quantitative estimate of drug-likeness (QED) is 0.503. The van der Waals surface area contributed by atoms with Crippen LogP contribution in [0.3, 0.4) is 0 Å². The van der Waals surface area contributed by atoms with Crippen LogP contribution in [0.4, 0.5) is 0 Å². The van der Waals surface area contributed by atoms with E-state index in [0.29, 0.717) is 12.2 Å². The zero-order chi connectivity index (χ0) is 13.1. The first-order chi connectivity index (χ1) is 8.63. The molecular formula is C12H15ClN4O2. The van der Waals surface area contributed by atoms with E-state index in [2.05, 4.69) is 5.10 Å². The molecule has 0 bridgehead atoms. The molecule has 19 heavy (non-hydrogen) atoms. The van der Waals surface area contributed by atoms with E-state index in [1.54, 1.807) is 13.1 Å². The number of rotatable bonds is 3. The van der Waals surface area contributed by atoms with E-state index < -0.39 is 5.97 Å². The predicted octanol–water partition coefficient (Wildman–Crippen LogP) is 1.28. The molecule has 0 saturated carbocycles. The van der Waals surface area contributed by atoms with Gasteiger partial charge in [-0.3, -0.25) is 0 Å². The number of hydrogen-bond acceptors (Lipinski definition) is 3. The molecule has 0 aliphatic heterocycles. The van der Waals surface area contributed by atoms with E-state index >= 15 is 0 Å². The lowest BCUT2D eigenvalue weighted by Gasteiger charge is -1.98. The SMILES string of the molecule is CCOC(=O)c1cn(N=C(N)N)c2ccccc12.Cl. The number of nitrogens with two attached hydrogens (primary N) is 2. The lowest BCUT2D eigenvalue weighted by atomic mass is 10.2. The van der Waals surface area contributed by atoms with Crippen molar-refractivity contribution in [2.75, 3.05) is 6.61 Å². The molecule has 6 nitrogen and oxygen atoms in total. The summed E-state index contributed by atoms with van der Waals surface area (Å²) in [5.74, 6) is -0.468. The van der Waals surface area contributed by atoms with Crippen LogP contribution < -0.4 is 11.5 Å². The molecule has 0 fully saturated rings. The van der Waals surface area contributed by atoms with Gasteiger partial charge in [0.25, 0.3) is 0 Å². The van der Waals surface area contributed by atoms with Crippen molar-refractivity contribution >= 4 is 35.2 Å². The molecule has 2 rings (SSSR count). The average molecular weight is 283 g/mol. The largest absolute Gasteiger partial charge is 0.462 e. The van der Waals surface area contributed by atoms with Crippen molar-refractivity contribution in [2.45, 2.75) is 6.92 Å². The summed E-state index contributed by atoms with van der Waals surface area (Å²) in [5.41, 5.74) is 11.9. The summed E-state index contributed by atoms with van der Waals surface area (Å²) < 4.78 is 6.46. The Hall–Kier alpha value is -2.21. The van der Waals surface area contributed by atoms with Gasteiger partial charge in [0.2, 0.25) is 5.96 Å². The fourth-order valence-corrected chi connectivity index (χ4v) is 1.74. The number of para-hydroxylation sites is 1. The smallest absolute Gasteiger partial charge is 0.340 e. The molecule has 4 N–H and O–H groups in total. The van der Waals surface area contributed by atoms with Crippen molar-refractivity contribution in [1.29, 1.82) is 0 Å². The fraction of sp³-hybridized carbons (Fsp3) is 0.167. The molecule has 7 heteroatoms. The minimum atomic E-state index is -0.391. The van der Waals surface area contributed by atoms with Gasteiger partial charge in [-0.05, 0) is 13.0 Å². The van der Waals surface area contributed by atoms with Crippen molar-refractivity contribution in [3.8, 4) is 0 Å². The molecule has 1 aromatic heterocycles. The number of fused-ring (bicyclic) bond motifs is 1. The number of nitrogens with zero attached hydrogens (tertiary/aromatic N) is 2. The third-order valence-electron chi connectivity index (χ3n) is 2.41. The van der Waals surface area contributed by atoms with E-state index in [1.165, 1.54) is 4.68 Å². The van der Waals surface area contributed by atoms with Crippen LogP contribution in [0.25, 0.3) is 10.9 Å². The van der Waals surface area contributed by atoms with E-state index in [1.807, 2.05) is 24.3 Å². The van der Waals surface area contributed by atoms with E-state index in [4.69, 9.17) is 16.2 Å². The number of esters is 1. The second-order valence-corrected chi connectivity index (χ2v) is 3.65. The number of aromatic nitrogens is 1. The van der Waals surface area contributed by atoms with Gasteiger partial charge in [-0.25, -0.2) is 9.47 Å². The second kappa shape index (κ2) is 6.10. The number of hydrogen-bond donors (Lipinski definition) is 2. The van der Waals surface area contributed by atoms with Crippen molar-refractivity contribution in [1.82, 2.24) is 4.68 Å². The first-order valence-corrected chi connectivity index (χ1v) is 5.50. The minimum absolute atomic E-state index is 0. The molecule has 0 atom stereocenters. The van der Waals surface area contributed by atoms with Gasteiger partial charge >= 0.3 is 5.97 Å². The molecule has 2 aromatic rings. The Labute approximate surface area is 116 Å². The summed E-state index contributed by atoms with van der Waals surface area (Å²) in [6.45, 7) is 2.08. The third kappa shape index (κ3) is 2.97. The summed E-state index contributed by atoms with van der Waals surface area (Å²) in [4.78, 5) is 11.8. The van der Waals surface area contributed by atoms with E-state index in [-0.39, 0.29) is 18.4 Å². The van der Waals surface area contributed by atoms with Crippen LogP contribution in [-0.4, -0.2) is 23.2 Å². The molecule has 0 unspecified atom stereocenters. The van der Waals surface area contributed by atoms with Gasteiger partial charge in [0.15, 0.2) is 0 Å². The lowest BCUT2D eigenvalue weighted by molar-refractivity contribution is 0.0528. The maximum Gasteiger partial charge on any atom is 0.340 e. The number of halogens is 1. The van der Waals surface area contributed by atoms with Gasteiger partial charge in [0.05, 0.1) is 17.7 Å². The summed E-state index contributed by atoms with van der Waals surface area (Å²) in [6, 6.07) is 7.33. The molecule has 0 amide bonds. The summed E-state index contributed by atoms with van der Waals surface area (Å²) >= 11 is 0. The highest BCUT2D eigenvalue weighted by Crippen LogP contribution is 2.21. The van der Waals surface area contributed by atoms with Crippen LogP contribution in [0.1, 0.15) is 17.3 Å². The first-order valence-electron chi connectivity index (χ1n) is 5.50. The predicted molar refractivity (Wildman–Crippen MR) is 76.4 cm³/mol. The summed E-state index contributed by atoms with van der Waals surface area (Å²) in [5, 5.41) is 4.68. The van der Waals surface area contributed by atoms with Crippen molar-refractivity contribution in [3.63, 3.8) is 0 Å². The monoisotopic (exact) mass is 282 g/mol. The van der Waals surface area contributed by atoms with Crippen molar-refractivity contribution < 1.29 is 9.53 Å². The molecule has 0 spiro atoms. The van der Waals surface area contributed by atoms with E-state index in [9.17, 15) is 4.79 Å². The highest BCUT2D eigenvalue weighted by Gasteiger charge is 2.15. The van der Waals surface area contributed by atoms with E-state index in [0.717, 1.165) is 10.9 Å². The molecule has 102 valence electrons.